The van der Waals surface area contributed by atoms with Crippen LogP contribution in [0.25, 0.3) is 11.3 Å². The molecule has 0 bridgehead atoms. The Labute approximate surface area is 140 Å². The molecule has 4 nitrogen and oxygen atoms in total. The fourth-order valence-electron chi connectivity index (χ4n) is 3.01. The molecule has 1 aliphatic rings. The number of nitrogens with two attached hydrogens (primary N) is 1. The summed E-state index contributed by atoms with van der Waals surface area (Å²) in [6.07, 6.45) is 3.09. The number of halogens is 1. The van der Waals surface area contributed by atoms with Gasteiger partial charge in [-0.1, -0.05) is 36.8 Å². The van der Waals surface area contributed by atoms with Gasteiger partial charge in [-0.25, -0.2) is 4.98 Å². The maximum atomic E-state index is 12.5. The summed E-state index contributed by atoms with van der Waals surface area (Å²) >= 11 is 1.47. The predicted octanol–water partition coefficient (Wildman–Crippen LogP) is 3.55. The first-order valence-corrected chi connectivity index (χ1v) is 8.17. The smallest absolute Gasteiger partial charge is 0.228 e. The monoisotopic (exact) mass is 337 g/mol. The van der Waals surface area contributed by atoms with Crippen molar-refractivity contribution < 1.29 is 4.79 Å². The van der Waals surface area contributed by atoms with Crippen molar-refractivity contribution in [3.63, 3.8) is 0 Å². The van der Waals surface area contributed by atoms with E-state index in [1.54, 1.807) is 5.51 Å². The molecule has 1 aromatic carbocycles. The first-order valence-electron chi connectivity index (χ1n) is 7.29. The van der Waals surface area contributed by atoms with Crippen molar-refractivity contribution in [3.8, 4) is 11.3 Å². The average molecular weight is 338 g/mol. The van der Waals surface area contributed by atoms with E-state index < -0.39 is 0 Å². The van der Waals surface area contributed by atoms with Crippen molar-refractivity contribution in [2.45, 2.75) is 19.3 Å². The van der Waals surface area contributed by atoms with Crippen LogP contribution in [0.4, 0.5) is 5.00 Å². The standard InChI is InChI=1S/C16H19N3OS.ClH/c17-9-12-7-4-8-13(12)15(20)19-16-14(18-10-21-16)11-5-2-1-3-6-11;/h1-3,5-6,10,12-13H,4,7-9,17H2,(H,19,20);1H/t12-,13-;/m1./s1. The molecule has 1 aliphatic carbocycles. The Hall–Kier alpha value is -1.43. The van der Waals surface area contributed by atoms with E-state index in [1.165, 1.54) is 11.3 Å². The Morgan fingerprint density at radius 3 is 2.82 bits per heavy atom. The summed E-state index contributed by atoms with van der Waals surface area (Å²) in [5.74, 6) is 0.447. The number of aromatic nitrogens is 1. The van der Waals surface area contributed by atoms with Crippen LogP contribution in [-0.4, -0.2) is 17.4 Å². The summed E-state index contributed by atoms with van der Waals surface area (Å²) in [4.78, 5) is 16.9. The lowest BCUT2D eigenvalue weighted by atomic mass is 9.95. The molecule has 0 unspecified atom stereocenters. The number of nitrogens with one attached hydrogen (secondary N) is 1. The van der Waals surface area contributed by atoms with Crippen LogP contribution in [0.2, 0.25) is 0 Å². The van der Waals surface area contributed by atoms with Crippen LogP contribution >= 0.6 is 23.7 Å². The van der Waals surface area contributed by atoms with E-state index >= 15 is 0 Å². The number of carbonyl (C=O) groups excluding carboxylic acids is 1. The maximum absolute atomic E-state index is 12.5. The number of amides is 1. The van der Waals surface area contributed by atoms with Crippen molar-refractivity contribution in [3.05, 3.63) is 35.8 Å². The van der Waals surface area contributed by atoms with Gasteiger partial charge in [-0.3, -0.25) is 4.79 Å². The van der Waals surface area contributed by atoms with Crippen LogP contribution in [0.5, 0.6) is 0 Å². The minimum atomic E-state index is 0. The Kier molecular flexibility index (Phi) is 5.94. The third-order valence-electron chi connectivity index (χ3n) is 4.15. The molecule has 0 radical (unpaired) electrons. The van der Waals surface area contributed by atoms with Crippen molar-refractivity contribution in [2.24, 2.45) is 17.6 Å². The first-order chi connectivity index (χ1) is 10.3. The van der Waals surface area contributed by atoms with E-state index in [-0.39, 0.29) is 24.2 Å². The summed E-state index contributed by atoms with van der Waals surface area (Å²) in [6.45, 7) is 0.590. The molecule has 22 heavy (non-hydrogen) atoms. The minimum absolute atomic E-state index is 0. The van der Waals surface area contributed by atoms with Gasteiger partial charge in [0, 0.05) is 11.5 Å². The zero-order valence-corrected chi connectivity index (χ0v) is 13.8. The number of hydrogen-bond donors (Lipinski definition) is 2. The van der Waals surface area contributed by atoms with E-state index in [4.69, 9.17) is 5.73 Å². The number of thiazole rings is 1. The molecular formula is C16H20ClN3OS. The van der Waals surface area contributed by atoms with Gasteiger partial charge < -0.3 is 11.1 Å². The molecule has 0 saturated heterocycles. The lowest BCUT2D eigenvalue weighted by Crippen LogP contribution is -2.29. The Morgan fingerprint density at radius 1 is 1.32 bits per heavy atom. The molecule has 0 spiro atoms. The maximum Gasteiger partial charge on any atom is 0.228 e. The van der Waals surface area contributed by atoms with E-state index in [0.29, 0.717) is 12.5 Å². The van der Waals surface area contributed by atoms with Crippen LogP contribution in [0.15, 0.2) is 35.8 Å². The van der Waals surface area contributed by atoms with Crippen LogP contribution < -0.4 is 11.1 Å². The van der Waals surface area contributed by atoms with E-state index in [1.807, 2.05) is 30.3 Å². The third kappa shape index (κ3) is 3.48. The number of hydrogen-bond acceptors (Lipinski definition) is 4. The molecule has 0 aliphatic heterocycles. The zero-order valence-electron chi connectivity index (χ0n) is 12.2. The minimum Gasteiger partial charge on any atom is -0.330 e. The highest BCUT2D eigenvalue weighted by molar-refractivity contribution is 7.14. The van der Waals surface area contributed by atoms with Gasteiger partial charge in [-0.2, -0.15) is 0 Å². The summed E-state index contributed by atoms with van der Waals surface area (Å²) < 4.78 is 0. The quantitative estimate of drug-likeness (QED) is 0.896. The molecule has 2 atom stereocenters. The second-order valence-corrected chi connectivity index (χ2v) is 6.27. The summed E-state index contributed by atoms with van der Waals surface area (Å²) in [7, 11) is 0. The third-order valence-corrected chi connectivity index (χ3v) is 4.89. The van der Waals surface area contributed by atoms with Crippen molar-refractivity contribution in [1.82, 2.24) is 4.98 Å². The van der Waals surface area contributed by atoms with Gasteiger partial charge in [-0.15, -0.1) is 23.7 Å². The van der Waals surface area contributed by atoms with Gasteiger partial charge in [-0.05, 0) is 25.3 Å². The Bertz CT molecular complexity index is 617. The predicted molar refractivity (Wildman–Crippen MR) is 93.3 cm³/mol. The Balaban J connectivity index is 0.00000176. The van der Waals surface area contributed by atoms with Gasteiger partial charge >= 0.3 is 0 Å². The molecule has 6 heteroatoms. The highest BCUT2D eigenvalue weighted by Crippen LogP contribution is 2.34. The second kappa shape index (κ2) is 7.72. The van der Waals surface area contributed by atoms with Crippen LogP contribution in [0.1, 0.15) is 19.3 Å². The van der Waals surface area contributed by atoms with Gasteiger partial charge in [0.25, 0.3) is 0 Å². The van der Waals surface area contributed by atoms with Crippen LogP contribution in [0.3, 0.4) is 0 Å². The summed E-state index contributed by atoms with van der Waals surface area (Å²) in [5.41, 5.74) is 9.41. The number of benzene rings is 1. The molecule has 1 saturated carbocycles. The van der Waals surface area contributed by atoms with Gasteiger partial charge in [0.05, 0.1) is 5.51 Å². The highest BCUT2D eigenvalue weighted by Gasteiger charge is 2.32. The van der Waals surface area contributed by atoms with Crippen LogP contribution in [0, 0.1) is 11.8 Å². The van der Waals surface area contributed by atoms with E-state index in [2.05, 4.69) is 10.3 Å². The van der Waals surface area contributed by atoms with Crippen molar-refractivity contribution in [2.75, 3.05) is 11.9 Å². The fraction of sp³-hybridized carbons (Fsp3) is 0.375. The molecule has 1 aromatic heterocycles. The molecule has 2 aromatic rings. The molecule has 1 heterocycles. The van der Waals surface area contributed by atoms with Gasteiger partial charge in [0.1, 0.15) is 10.7 Å². The second-order valence-electron chi connectivity index (χ2n) is 5.42. The molecule has 1 amide bonds. The van der Waals surface area contributed by atoms with E-state index in [0.717, 1.165) is 35.5 Å². The lowest BCUT2D eigenvalue weighted by molar-refractivity contribution is -0.120. The number of rotatable bonds is 4. The molecule has 118 valence electrons. The number of carbonyl (C=O) groups is 1. The topological polar surface area (TPSA) is 68.0 Å². The molecule has 3 N–H and O–H groups in total. The van der Waals surface area contributed by atoms with Gasteiger partial charge in [0.2, 0.25) is 5.91 Å². The van der Waals surface area contributed by atoms with Crippen molar-refractivity contribution in [1.29, 1.82) is 0 Å². The van der Waals surface area contributed by atoms with Crippen LogP contribution in [-0.2, 0) is 4.79 Å². The first kappa shape index (κ1) is 16.9. The van der Waals surface area contributed by atoms with Gasteiger partial charge in [0.15, 0.2) is 0 Å². The molecule has 1 fully saturated rings. The molecule has 3 rings (SSSR count). The fourth-order valence-corrected chi connectivity index (χ4v) is 3.71. The van der Waals surface area contributed by atoms with E-state index in [9.17, 15) is 4.79 Å². The SMILES string of the molecule is Cl.NC[C@H]1CCC[C@H]1C(=O)Nc1scnc1-c1ccccc1. The lowest BCUT2D eigenvalue weighted by Gasteiger charge is -2.17. The largest absolute Gasteiger partial charge is 0.330 e. The normalized spacial score (nSPS) is 20.4. The summed E-state index contributed by atoms with van der Waals surface area (Å²) in [6, 6.07) is 9.92. The zero-order chi connectivity index (χ0) is 14.7. The Morgan fingerprint density at radius 2 is 2.09 bits per heavy atom. The average Bonchev–Trinajstić information content (AvgIpc) is 3.16. The van der Waals surface area contributed by atoms with Crippen molar-refractivity contribution >= 4 is 34.7 Å². The number of anilines is 1. The molecular weight excluding hydrogens is 318 g/mol. The summed E-state index contributed by atoms with van der Waals surface area (Å²) in [5, 5.41) is 3.88. The number of nitrogens with zero attached hydrogens (tertiary/aromatic N) is 1. The highest BCUT2D eigenvalue weighted by atomic mass is 35.5.